The van der Waals surface area contributed by atoms with Crippen molar-refractivity contribution in [3.63, 3.8) is 0 Å². The summed E-state index contributed by atoms with van der Waals surface area (Å²) >= 11 is 0. The van der Waals surface area contributed by atoms with Crippen LogP contribution in [-0.4, -0.2) is 34.5 Å². The van der Waals surface area contributed by atoms with Crippen molar-refractivity contribution < 1.29 is 23.0 Å². The lowest BCUT2D eigenvalue weighted by Gasteiger charge is -2.20. The number of nitrogen functional groups attached to an aromatic ring is 1. The van der Waals surface area contributed by atoms with Gasteiger partial charge in [-0.25, -0.2) is 13.6 Å². The van der Waals surface area contributed by atoms with Crippen LogP contribution in [-0.2, 0) is 27.4 Å². The van der Waals surface area contributed by atoms with E-state index in [2.05, 4.69) is 4.98 Å². The Kier molecular flexibility index (Phi) is 6.89. The Morgan fingerprint density at radius 1 is 1.03 bits per heavy atom. The molecule has 0 radical (unpaired) electrons. The van der Waals surface area contributed by atoms with Crippen molar-refractivity contribution in [3.8, 4) is 0 Å². The topological polar surface area (TPSA) is 88.6 Å². The first-order valence-corrected chi connectivity index (χ1v) is 10.1. The first-order chi connectivity index (χ1) is 15.5. The lowest BCUT2D eigenvalue weighted by molar-refractivity contribution is -0.0833. The number of benzene rings is 2. The zero-order valence-electron chi connectivity index (χ0n) is 17.1. The number of anilines is 1. The van der Waals surface area contributed by atoms with Gasteiger partial charge in [-0.15, -0.1) is 0 Å². The van der Waals surface area contributed by atoms with Gasteiger partial charge in [0, 0.05) is 0 Å². The SMILES string of the molecule is Nc1nc(=O)n(C2OC(COCc3ccccc3)C(OCc3ccccc3)C2F)cc1F. The number of nitrogens with zero attached hydrogens (tertiary/aromatic N) is 2. The molecule has 0 bridgehead atoms. The normalized spacial score (nSPS) is 22.8. The van der Waals surface area contributed by atoms with Gasteiger partial charge in [0.1, 0.15) is 12.2 Å². The van der Waals surface area contributed by atoms with E-state index >= 15 is 4.39 Å². The second kappa shape index (κ2) is 9.99. The quantitative estimate of drug-likeness (QED) is 0.576. The summed E-state index contributed by atoms with van der Waals surface area (Å²) < 4.78 is 47.4. The number of ether oxygens (including phenoxy) is 3. The first kappa shape index (κ1) is 22.1. The molecule has 1 fully saturated rings. The van der Waals surface area contributed by atoms with Crippen LogP contribution in [0, 0.1) is 5.82 Å². The summed E-state index contributed by atoms with van der Waals surface area (Å²) in [6.07, 6.45) is -4.25. The third-order valence-corrected chi connectivity index (χ3v) is 5.15. The summed E-state index contributed by atoms with van der Waals surface area (Å²) in [7, 11) is 0. The van der Waals surface area contributed by atoms with E-state index in [9.17, 15) is 9.18 Å². The first-order valence-electron chi connectivity index (χ1n) is 10.1. The molecule has 0 amide bonds. The van der Waals surface area contributed by atoms with Crippen LogP contribution < -0.4 is 11.4 Å². The molecule has 32 heavy (non-hydrogen) atoms. The highest BCUT2D eigenvalue weighted by molar-refractivity contribution is 5.26. The molecule has 2 heterocycles. The predicted molar refractivity (Wildman–Crippen MR) is 113 cm³/mol. The number of halogens is 2. The molecule has 0 spiro atoms. The zero-order chi connectivity index (χ0) is 22.5. The predicted octanol–water partition coefficient (Wildman–Crippen LogP) is 3.00. The smallest absolute Gasteiger partial charge is 0.351 e. The molecule has 7 nitrogen and oxygen atoms in total. The number of aromatic nitrogens is 2. The van der Waals surface area contributed by atoms with Crippen LogP contribution in [0.2, 0.25) is 0 Å². The van der Waals surface area contributed by atoms with Crippen LogP contribution in [0.4, 0.5) is 14.6 Å². The fourth-order valence-corrected chi connectivity index (χ4v) is 3.53. The van der Waals surface area contributed by atoms with Gasteiger partial charge in [-0.2, -0.15) is 4.98 Å². The van der Waals surface area contributed by atoms with Gasteiger partial charge in [-0.1, -0.05) is 60.7 Å². The van der Waals surface area contributed by atoms with Crippen molar-refractivity contribution in [1.29, 1.82) is 0 Å². The van der Waals surface area contributed by atoms with Gasteiger partial charge < -0.3 is 19.9 Å². The van der Waals surface area contributed by atoms with Crippen molar-refractivity contribution in [2.75, 3.05) is 12.3 Å². The Labute approximate surface area is 183 Å². The largest absolute Gasteiger partial charge is 0.381 e. The number of hydrogen-bond donors (Lipinski definition) is 1. The summed E-state index contributed by atoms with van der Waals surface area (Å²) in [6.45, 7) is 0.455. The minimum Gasteiger partial charge on any atom is -0.381 e. The van der Waals surface area contributed by atoms with Crippen molar-refractivity contribution in [2.45, 2.75) is 37.8 Å². The molecule has 0 aliphatic carbocycles. The third kappa shape index (κ3) is 5.01. The van der Waals surface area contributed by atoms with Gasteiger partial charge in [-0.05, 0) is 11.1 Å². The molecule has 1 aromatic heterocycles. The molecule has 4 unspecified atom stereocenters. The molecule has 9 heteroatoms. The minimum absolute atomic E-state index is 0.0188. The molecule has 1 aliphatic heterocycles. The van der Waals surface area contributed by atoms with Gasteiger partial charge >= 0.3 is 5.69 Å². The van der Waals surface area contributed by atoms with E-state index in [-0.39, 0.29) is 13.2 Å². The van der Waals surface area contributed by atoms with Crippen LogP contribution in [0.1, 0.15) is 17.4 Å². The molecule has 1 aliphatic rings. The second-order valence-electron chi connectivity index (χ2n) is 7.44. The number of nitrogens with two attached hydrogens (primary N) is 1. The maximum Gasteiger partial charge on any atom is 0.351 e. The summed E-state index contributed by atoms with van der Waals surface area (Å²) in [6, 6.07) is 18.8. The Balaban J connectivity index is 1.51. The van der Waals surface area contributed by atoms with Gasteiger partial charge in [0.05, 0.1) is 26.0 Å². The molecule has 2 aromatic carbocycles. The van der Waals surface area contributed by atoms with Crippen LogP contribution in [0.25, 0.3) is 0 Å². The number of hydrogen-bond acceptors (Lipinski definition) is 6. The zero-order valence-corrected chi connectivity index (χ0v) is 17.1. The summed E-state index contributed by atoms with van der Waals surface area (Å²) in [5.41, 5.74) is 6.22. The standard InChI is InChI=1S/C23H23F2N3O4/c24-17-11-28(23(29)27-21(17)26)22-19(25)20(31-13-16-9-5-2-6-10-16)18(32-22)14-30-12-15-7-3-1-4-8-15/h1-11,18-20,22H,12-14H2,(H2,26,27,29). The molecule has 1 saturated heterocycles. The molecular formula is C23H23F2N3O4. The monoisotopic (exact) mass is 443 g/mol. The van der Waals surface area contributed by atoms with Crippen molar-refractivity contribution >= 4 is 5.82 Å². The molecule has 4 atom stereocenters. The average molecular weight is 443 g/mol. The molecule has 2 N–H and O–H groups in total. The maximum atomic E-state index is 15.4. The van der Waals surface area contributed by atoms with E-state index < -0.39 is 41.9 Å². The van der Waals surface area contributed by atoms with Gasteiger partial charge in [0.15, 0.2) is 24.0 Å². The Bertz CT molecular complexity index is 1080. The molecule has 4 rings (SSSR count). The Morgan fingerprint density at radius 3 is 2.31 bits per heavy atom. The molecule has 3 aromatic rings. The summed E-state index contributed by atoms with van der Waals surface area (Å²) in [5.74, 6) is -1.50. The highest BCUT2D eigenvalue weighted by Gasteiger charge is 2.47. The van der Waals surface area contributed by atoms with Crippen LogP contribution in [0.3, 0.4) is 0 Å². The van der Waals surface area contributed by atoms with Crippen molar-refractivity contribution in [3.05, 3.63) is 94.3 Å². The van der Waals surface area contributed by atoms with E-state index in [1.165, 1.54) is 0 Å². The highest BCUT2D eigenvalue weighted by atomic mass is 19.1. The third-order valence-electron chi connectivity index (χ3n) is 5.15. The van der Waals surface area contributed by atoms with E-state index in [0.717, 1.165) is 21.9 Å². The highest BCUT2D eigenvalue weighted by Crippen LogP contribution is 2.34. The fraction of sp³-hybridized carbons (Fsp3) is 0.304. The van der Waals surface area contributed by atoms with Crippen LogP contribution in [0.5, 0.6) is 0 Å². The average Bonchev–Trinajstić information content (AvgIpc) is 3.11. The molecule has 168 valence electrons. The van der Waals surface area contributed by atoms with E-state index in [1.54, 1.807) is 0 Å². The van der Waals surface area contributed by atoms with E-state index in [1.807, 2.05) is 60.7 Å². The van der Waals surface area contributed by atoms with Crippen molar-refractivity contribution in [1.82, 2.24) is 9.55 Å². The second-order valence-corrected chi connectivity index (χ2v) is 7.44. The Hall–Kier alpha value is -3.14. The molecule has 0 saturated carbocycles. The van der Waals surface area contributed by atoms with E-state index in [0.29, 0.717) is 6.61 Å². The number of rotatable bonds is 8. The van der Waals surface area contributed by atoms with Crippen LogP contribution >= 0.6 is 0 Å². The van der Waals surface area contributed by atoms with Gasteiger partial charge in [0.2, 0.25) is 0 Å². The number of alkyl halides is 1. The maximum absolute atomic E-state index is 15.4. The van der Waals surface area contributed by atoms with Crippen molar-refractivity contribution in [2.24, 2.45) is 0 Å². The summed E-state index contributed by atoms with van der Waals surface area (Å²) in [5, 5.41) is 0. The molecular weight excluding hydrogens is 420 g/mol. The van der Waals surface area contributed by atoms with Crippen LogP contribution in [0.15, 0.2) is 71.7 Å². The Morgan fingerprint density at radius 2 is 1.66 bits per heavy atom. The van der Waals surface area contributed by atoms with E-state index in [4.69, 9.17) is 19.9 Å². The lowest BCUT2D eigenvalue weighted by Crippen LogP contribution is -2.36. The van der Waals surface area contributed by atoms with Gasteiger partial charge in [0.25, 0.3) is 0 Å². The summed E-state index contributed by atoms with van der Waals surface area (Å²) in [4.78, 5) is 15.6. The fourth-order valence-electron chi connectivity index (χ4n) is 3.53. The lowest BCUT2D eigenvalue weighted by atomic mass is 10.1. The minimum atomic E-state index is -1.76. The van der Waals surface area contributed by atoms with Gasteiger partial charge in [-0.3, -0.25) is 4.57 Å².